The molecule has 1 rings (SSSR count). The van der Waals surface area contributed by atoms with Crippen LogP contribution in [-0.4, -0.2) is 14.6 Å². The van der Waals surface area contributed by atoms with Crippen molar-refractivity contribution in [3.8, 4) is 0 Å². The van der Waals surface area contributed by atoms with Crippen molar-refractivity contribution in [2.45, 2.75) is 51.3 Å². The van der Waals surface area contributed by atoms with E-state index in [-0.39, 0.29) is 0 Å². The first-order valence-electron chi connectivity index (χ1n) is 4.36. The Morgan fingerprint density at radius 1 is 1.40 bits per heavy atom. The van der Waals surface area contributed by atoms with Crippen LogP contribution in [0.25, 0.3) is 0 Å². The van der Waals surface area contributed by atoms with Crippen molar-refractivity contribution in [1.29, 1.82) is 0 Å². The zero-order chi connectivity index (χ0) is 7.61. The quantitative estimate of drug-likeness (QED) is 0.573. The Morgan fingerprint density at radius 3 is 2.10 bits per heavy atom. The van der Waals surface area contributed by atoms with Gasteiger partial charge in [-0.05, 0) is 38.8 Å². The van der Waals surface area contributed by atoms with Gasteiger partial charge in [-0.15, -0.1) is 0 Å². The van der Waals surface area contributed by atoms with Crippen molar-refractivity contribution in [2.75, 3.05) is 0 Å². The van der Waals surface area contributed by atoms with Crippen molar-refractivity contribution in [3.05, 3.63) is 0 Å². The average Bonchev–Trinajstić information content (AvgIpc) is 1.78. The molecule has 0 atom stereocenters. The fourth-order valence-corrected chi connectivity index (χ4v) is 3.03. The van der Waals surface area contributed by atoms with Gasteiger partial charge in [0, 0.05) is 0 Å². The Bertz CT molecular complexity index is 102. The predicted molar refractivity (Wildman–Crippen MR) is 46.8 cm³/mol. The Morgan fingerprint density at radius 2 is 2.00 bits per heavy atom. The smallest absolute Gasteiger partial charge is 0.171 e. The monoisotopic (exact) mass is 158 g/mol. The van der Waals surface area contributed by atoms with Crippen LogP contribution < -0.4 is 0 Å². The zero-order valence-corrected chi connectivity index (χ0v) is 8.47. The molecule has 1 aliphatic rings. The maximum atomic E-state index is 5.96. The lowest BCUT2D eigenvalue weighted by molar-refractivity contribution is -0.0122. The summed E-state index contributed by atoms with van der Waals surface area (Å²) in [5.74, 6) is 0. The Hall–Kier alpha value is 0.177. The van der Waals surface area contributed by atoms with Crippen LogP contribution in [0.1, 0.15) is 32.6 Å². The van der Waals surface area contributed by atoms with Gasteiger partial charge in [0.2, 0.25) is 0 Å². The summed E-state index contributed by atoms with van der Waals surface area (Å²) < 4.78 is 5.96. The van der Waals surface area contributed by atoms with Crippen molar-refractivity contribution in [2.24, 2.45) is 0 Å². The molecule has 0 N–H and O–H groups in total. The zero-order valence-electron chi connectivity index (χ0n) is 7.31. The van der Waals surface area contributed by atoms with Gasteiger partial charge in [-0.1, -0.05) is 6.92 Å². The van der Waals surface area contributed by atoms with Crippen LogP contribution in [-0.2, 0) is 4.43 Å². The van der Waals surface area contributed by atoms with Crippen molar-refractivity contribution in [1.82, 2.24) is 0 Å². The molecule has 1 saturated carbocycles. The fraction of sp³-hybridized carbons (Fsp3) is 1.00. The SMILES string of the molecule is CCC1(O[SiH](C)C)CCC1. The second kappa shape index (κ2) is 3.05. The van der Waals surface area contributed by atoms with E-state index in [4.69, 9.17) is 4.43 Å². The minimum absolute atomic E-state index is 0.348. The second-order valence-electron chi connectivity index (χ2n) is 3.56. The largest absolute Gasteiger partial charge is 0.415 e. The maximum Gasteiger partial charge on any atom is 0.171 e. The molecule has 10 heavy (non-hydrogen) atoms. The van der Waals surface area contributed by atoms with Crippen LogP contribution in [0.3, 0.4) is 0 Å². The Balaban J connectivity index is 2.33. The molecule has 1 aliphatic carbocycles. The maximum absolute atomic E-state index is 5.96. The molecule has 2 heteroatoms. The Labute approximate surface area is 65.5 Å². The molecule has 1 nitrogen and oxygen atoms in total. The van der Waals surface area contributed by atoms with Crippen LogP contribution in [0.4, 0.5) is 0 Å². The van der Waals surface area contributed by atoms with Crippen LogP contribution in [0.2, 0.25) is 13.1 Å². The molecule has 0 radical (unpaired) electrons. The number of hydrogen-bond donors (Lipinski definition) is 0. The van der Waals surface area contributed by atoms with Gasteiger partial charge in [-0.2, -0.15) is 0 Å². The van der Waals surface area contributed by atoms with Gasteiger partial charge < -0.3 is 4.43 Å². The second-order valence-corrected chi connectivity index (χ2v) is 5.89. The van der Waals surface area contributed by atoms with Crippen molar-refractivity contribution < 1.29 is 4.43 Å². The van der Waals surface area contributed by atoms with Gasteiger partial charge in [0.05, 0.1) is 5.60 Å². The van der Waals surface area contributed by atoms with E-state index < -0.39 is 9.04 Å². The van der Waals surface area contributed by atoms with Crippen molar-refractivity contribution in [3.63, 3.8) is 0 Å². The lowest BCUT2D eigenvalue weighted by atomic mass is 9.78. The third-order valence-electron chi connectivity index (χ3n) is 2.39. The predicted octanol–water partition coefficient (Wildman–Crippen LogP) is 2.32. The van der Waals surface area contributed by atoms with Gasteiger partial charge in [-0.3, -0.25) is 0 Å². The molecule has 0 heterocycles. The number of hydrogen-bond acceptors (Lipinski definition) is 1. The molecule has 0 aliphatic heterocycles. The summed E-state index contributed by atoms with van der Waals surface area (Å²) in [4.78, 5) is 0. The highest BCUT2D eigenvalue weighted by Crippen LogP contribution is 2.38. The summed E-state index contributed by atoms with van der Waals surface area (Å²) in [6.45, 7) is 6.77. The first kappa shape index (κ1) is 8.28. The van der Waals surface area contributed by atoms with E-state index in [2.05, 4.69) is 20.0 Å². The molecule has 0 aromatic heterocycles. The average molecular weight is 158 g/mol. The lowest BCUT2D eigenvalue weighted by Gasteiger charge is -2.42. The summed E-state index contributed by atoms with van der Waals surface area (Å²) in [6.07, 6.45) is 5.23. The first-order chi connectivity index (χ1) is 4.68. The van der Waals surface area contributed by atoms with E-state index in [1.165, 1.54) is 25.7 Å². The van der Waals surface area contributed by atoms with Crippen molar-refractivity contribution >= 4 is 9.04 Å². The summed E-state index contributed by atoms with van der Waals surface area (Å²) in [5, 5.41) is 0. The van der Waals surface area contributed by atoms with Crippen LogP contribution in [0.15, 0.2) is 0 Å². The summed E-state index contributed by atoms with van der Waals surface area (Å²) in [5.41, 5.74) is 0.348. The highest BCUT2D eigenvalue weighted by molar-refractivity contribution is 6.48. The van der Waals surface area contributed by atoms with Gasteiger partial charge in [-0.25, -0.2) is 0 Å². The molecular weight excluding hydrogens is 140 g/mol. The lowest BCUT2D eigenvalue weighted by Crippen LogP contribution is -2.42. The molecule has 0 bridgehead atoms. The van der Waals surface area contributed by atoms with Gasteiger partial charge in [0.25, 0.3) is 0 Å². The summed E-state index contributed by atoms with van der Waals surface area (Å²) in [6, 6.07) is 0. The normalized spacial score (nSPS) is 22.8. The van der Waals surface area contributed by atoms with Gasteiger partial charge in [0.15, 0.2) is 9.04 Å². The molecule has 0 saturated heterocycles. The molecular formula is C8H18OSi. The molecule has 60 valence electrons. The van der Waals surface area contributed by atoms with E-state index in [1.807, 2.05) is 0 Å². The van der Waals surface area contributed by atoms with Crippen LogP contribution >= 0.6 is 0 Å². The molecule has 0 spiro atoms. The third kappa shape index (κ3) is 1.61. The van der Waals surface area contributed by atoms with Gasteiger partial charge in [0.1, 0.15) is 0 Å². The fourth-order valence-electron chi connectivity index (χ4n) is 1.63. The Kier molecular flexibility index (Phi) is 2.53. The summed E-state index contributed by atoms with van der Waals surface area (Å²) in [7, 11) is -0.780. The van der Waals surface area contributed by atoms with E-state index in [1.54, 1.807) is 0 Å². The van der Waals surface area contributed by atoms with E-state index in [0.717, 1.165) is 0 Å². The highest BCUT2D eigenvalue weighted by atomic mass is 28.3. The molecule has 0 aromatic rings. The molecule has 0 unspecified atom stereocenters. The van der Waals surface area contributed by atoms with E-state index in [0.29, 0.717) is 5.60 Å². The minimum atomic E-state index is -0.780. The van der Waals surface area contributed by atoms with Crippen LogP contribution in [0.5, 0.6) is 0 Å². The molecule has 0 aromatic carbocycles. The van der Waals surface area contributed by atoms with Crippen LogP contribution in [0, 0.1) is 0 Å². The topological polar surface area (TPSA) is 9.23 Å². The summed E-state index contributed by atoms with van der Waals surface area (Å²) >= 11 is 0. The van der Waals surface area contributed by atoms with E-state index in [9.17, 15) is 0 Å². The van der Waals surface area contributed by atoms with Gasteiger partial charge >= 0.3 is 0 Å². The minimum Gasteiger partial charge on any atom is -0.415 e. The number of rotatable bonds is 3. The van der Waals surface area contributed by atoms with E-state index >= 15 is 0 Å². The highest BCUT2D eigenvalue weighted by Gasteiger charge is 2.36. The first-order valence-corrected chi connectivity index (χ1v) is 7.14. The third-order valence-corrected chi connectivity index (χ3v) is 3.37. The molecule has 1 fully saturated rings. The standard InChI is InChI=1S/C8H18OSi/c1-4-8(6-5-7-8)9-10(2)3/h10H,4-7H2,1-3H3. The molecule has 0 amide bonds.